The Morgan fingerprint density at radius 2 is 2.33 bits per heavy atom. The van der Waals surface area contributed by atoms with Gasteiger partial charge < -0.3 is 10.4 Å². The van der Waals surface area contributed by atoms with E-state index in [1.165, 1.54) is 12.4 Å². The van der Waals surface area contributed by atoms with Crippen LogP contribution in [0.5, 0.6) is 0 Å². The predicted molar refractivity (Wildman–Crippen MR) is 74.1 cm³/mol. The zero-order valence-electron chi connectivity index (χ0n) is 11.7. The Bertz CT molecular complexity index is 651. The highest BCUT2D eigenvalue weighted by atomic mass is 16.4. The summed E-state index contributed by atoms with van der Waals surface area (Å²) in [4.78, 5) is 23.1. The molecule has 0 aromatic carbocycles. The molecule has 0 saturated carbocycles. The van der Waals surface area contributed by atoms with Crippen molar-refractivity contribution < 1.29 is 9.90 Å². The van der Waals surface area contributed by atoms with E-state index in [0.29, 0.717) is 5.82 Å². The Balaban J connectivity index is 1.67. The third kappa shape index (κ3) is 2.83. The van der Waals surface area contributed by atoms with E-state index >= 15 is 0 Å². The Labute approximate surface area is 121 Å². The zero-order chi connectivity index (χ0) is 14.8. The monoisotopic (exact) mass is 288 g/mol. The third-order valence-corrected chi connectivity index (χ3v) is 3.44. The molecule has 2 N–H and O–H groups in total. The van der Waals surface area contributed by atoms with Crippen molar-refractivity contribution in [3.8, 4) is 0 Å². The third-order valence-electron chi connectivity index (χ3n) is 3.44. The van der Waals surface area contributed by atoms with E-state index < -0.39 is 5.97 Å². The lowest BCUT2D eigenvalue weighted by Gasteiger charge is -2.23. The van der Waals surface area contributed by atoms with E-state index in [1.807, 2.05) is 11.6 Å². The van der Waals surface area contributed by atoms with Gasteiger partial charge in [-0.05, 0) is 6.42 Å². The number of hydrogen-bond acceptors (Lipinski definition) is 6. The van der Waals surface area contributed by atoms with Crippen LogP contribution >= 0.6 is 0 Å². The topological polar surface area (TPSA) is 106 Å². The zero-order valence-corrected chi connectivity index (χ0v) is 11.7. The van der Waals surface area contributed by atoms with Crippen molar-refractivity contribution in [3.63, 3.8) is 0 Å². The van der Waals surface area contributed by atoms with Crippen molar-refractivity contribution in [1.29, 1.82) is 0 Å². The number of carbonyl (C=O) groups is 1. The summed E-state index contributed by atoms with van der Waals surface area (Å²) < 4.78 is 1.93. The molecule has 21 heavy (non-hydrogen) atoms. The first-order valence-electron chi connectivity index (χ1n) is 6.90. The molecule has 8 nitrogen and oxygen atoms in total. The van der Waals surface area contributed by atoms with Crippen molar-refractivity contribution in [2.75, 3.05) is 5.32 Å². The number of aromatic carboxylic acids is 1. The van der Waals surface area contributed by atoms with Gasteiger partial charge in [0.1, 0.15) is 11.6 Å². The fourth-order valence-electron chi connectivity index (χ4n) is 2.35. The number of carboxylic acid groups (broad SMARTS) is 1. The van der Waals surface area contributed by atoms with E-state index in [9.17, 15) is 4.79 Å². The minimum atomic E-state index is -1.08. The van der Waals surface area contributed by atoms with Crippen LogP contribution in [-0.4, -0.2) is 41.9 Å². The maximum atomic E-state index is 10.7. The van der Waals surface area contributed by atoms with Crippen molar-refractivity contribution in [3.05, 3.63) is 29.7 Å². The molecule has 0 amide bonds. The van der Waals surface area contributed by atoms with Gasteiger partial charge in [-0.1, -0.05) is 6.92 Å². The summed E-state index contributed by atoms with van der Waals surface area (Å²) in [5, 5.41) is 16.5. The highest BCUT2D eigenvalue weighted by Gasteiger charge is 2.21. The molecular weight excluding hydrogens is 272 g/mol. The summed E-state index contributed by atoms with van der Waals surface area (Å²) in [7, 11) is 0. The maximum Gasteiger partial charge on any atom is 0.356 e. The molecule has 0 spiro atoms. The Morgan fingerprint density at radius 1 is 1.48 bits per heavy atom. The minimum Gasteiger partial charge on any atom is -0.476 e. The van der Waals surface area contributed by atoms with Crippen LogP contribution in [0.2, 0.25) is 0 Å². The second-order valence-corrected chi connectivity index (χ2v) is 4.95. The molecule has 2 aromatic heterocycles. The smallest absolute Gasteiger partial charge is 0.356 e. The van der Waals surface area contributed by atoms with Crippen LogP contribution in [0.15, 0.2) is 12.4 Å². The number of fused-ring (bicyclic) bond motifs is 1. The van der Waals surface area contributed by atoms with Crippen molar-refractivity contribution in [1.82, 2.24) is 24.7 Å². The predicted octanol–water partition coefficient (Wildman–Crippen LogP) is 0.756. The van der Waals surface area contributed by atoms with Gasteiger partial charge in [0, 0.05) is 18.9 Å². The van der Waals surface area contributed by atoms with Crippen molar-refractivity contribution in [2.45, 2.75) is 38.8 Å². The standard InChI is InChI=1S/C13H16N6O2/c1-2-10-17-12-4-3-8(7-19(12)18-10)16-11-6-14-9(5-15-11)13(20)21/h5-6,8H,2-4,7H2,1H3,(H,15,16)(H,20,21). The molecule has 1 aliphatic rings. The average Bonchev–Trinajstić information content (AvgIpc) is 2.90. The summed E-state index contributed by atoms with van der Waals surface area (Å²) in [5.74, 6) is 1.39. The maximum absolute atomic E-state index is 10.7. The van der Waals surface area contributed by atoms with Crippen molar-refractivity contribution in [2.24, 2.45) is 0 Å². The van der Waals surface area contributed by atoms with E-state index in [-0.39, 0.29) is 11.7 Å². The van der Waals surface area contributed by atoms with Gasteiger partial charge in [-0.15, -0.1) is 0 Å². The van der Waals surface area contributed by atoms with Gasteiger partial charge in [0.2, 0.25) is 0 Å². The Hall–Kier alpha value is -2.51. The molecule has 2 aromatic rings. The van der Waals surface area contributed by atoms with Crippen LogP contribution in [0.4, 0.5) is 5.82 Å². The van der Waals surface area contributed by atoms with Crippen LogP contribution in [0.3, 0.4) is 0 Å². The molecule has 0 bridgehead atoms. The molecular formula is C13H16N6O2. The lowest BCUT2D eigenvalue weighted by atomic mass is 10.1. The van der Waals surface area contributed by atoms with Gasteiger partial charge in [0.15, 0.2) is 11.5 Å². The molecule has 3 heterocycles. The summed E-state index contributed by atoms with van der Waals surface area (Å²) in [5.41, 5.74) is -0.0599. The molecule has 3 rings (SSSR count). The largest absolute Gasteiger partial charge is 0.476 e. The summed E-state index contributed by atoms with van der Waals surface area (Å²) in [6.45, 7) is 2.77. The van der Waals surface area contributed by atoms with E-state index in [0.717, 1.165) is 37.5 Å². The lowest BCUT2D eigenvalue weighted by molar-refractivity contribution is 0.0690. The first-order valence-corrected chi connectivity index (χ1v) is 6.90. The van der Waals surface area contributed by atoms with Crippen LogP contribution in [-0.2, 0) is 19.4 Å². The Kier molecular flexibility index (Phi) is 3.51. The fraction of sp³-hybridized carbons (Fsp3) is 0.462. The lowest BCUT2D eigenvalue weighted by Crippen LogP contribution is -2.32. The number of nitrogens with zero attached hydrogens (tertiary/aromatic N) is 5. The van der Waals surface area contributed by atoms with Gasteiger partial charge in [0.25, 0.3) is 0 Å². The van der Waals surface area contributed by atoms with Gasteiger partial charge in [-0.2, -0.15) is 5.10 Å². The first kappa shape index (κ1) is 13.5. The number of anilines is 1. The second-order valence-electron chi connectivity index (χ2n) is 4.95. The number of carboxylic acids is 1. The summed E-state index contributed by atoms with van der Waals surface area (Å²) in [6, 6.07) is 0.189. The molecule has 0 aliphatic carbocycles. The molecule has 1 atom stereocenters. The van der Waals surface area contributed by atoms with Crippen LogP contribution in [0.25, 0.3) is 0 Å². The number of rotatable bonds is 4. The number of aromatic nitrogens is 5. The summed E-state index contributed by atoms with van der Waals surface area (Å²) >= 11 is 0. The minimum absolute atomic E-state index is 0.0599. The van der Waals surface area contributed by atoms with Gasteiger partial charge >= 0.3 is 5.97 Å². The van der Waals surface area contributed by atoms with Gasteiger partial charge in [0.05, 0.1) is 18.9 Å². The Morgan fingerprint density at radius 3 is 3.00 bits per heavy atom. The van der Waals surface area contributed by atoms with E-state index in [1.54, 1.807) is 0 Å². The highest BCUT2D eigenvalue weighted by molar-refractivity contribution is 5.84. The molecule has 0 radical (unpaired) electrons. The van der Waals surface area contributed by atoms with Crippen LogP contribution < -0.4 is 5.32 Å². The van der Waals surface area contributed by atoms with Crippen LogP contribution in [0.1, 0.15) is 35.5 Å². The van der Waals surface area contributed by atoms with Gasteiger partial charge in [-0.25, -0.2) is 24.4 Å². The van der Waals surface area contributed by atoms with Crippen molar-refractivity contribution >= 4 is 11.8 Å². The van der Waals surface area contributed by atoms with E-state index in [2.05, 4.69) is 25.4 Å². The average molecular weight is 288 g/mol. The molecule has 8 heteroatoms. The highest BCUT2D eigenvalue weighted by Crippen LogP contribution is 2.16. The normalized spacial score (nSPS) is 17.3. The first-order chi connectivity index (χ1) is 10.2. The quantitative estimate of drug-likeness (QED) is 0.855. The molecule has 1 aliphatic heterocycles. The number of aryl methyl sites for hydroxylation is 2. The van der Waals surface area contributed by atoms with E-state index in [4.69, 9.17) is 5.11 Å². The molecule has 0 fully saturated rings. The molecule has 110 valence electrons. The number of nitrogens with one attached hydrogen (secondary N) is 1. The number of hydrogen-bond donors (Lipinski definition) is 2. The second kappa shape index (κ2) is 5.47. The molecule has 1 unspecified atom stereocenters. The fourth-order valence-corrected chi connectivity index (χ4v) is 2.35. The van der Waals surface area contributed by atoms with Gasteiger partial charge in [-0.3, -0.25) is 0 Å². The SMILES string of the molecule is CCc1nc2n(n1)CC(Nc1cnc(C(=O)O)cn1)CC2. The summed E-state index contributed by atoms with van der Waals surface area (Å²) in [6.07, 6.45) is 5.33. The molecule has 0 saturated heterocycles. The van der Waals surface area contributed by atoms with Crippen LogP contribution in [0, 0.1) is 0 Å².